The molecule has 0 bridgehead atoms. The quantitative estimate of drug-likeness (QED) is 0.317. The molecular weight excluding hydrogens is 463 g/mol. The minimum Gasteiger partial charge on any atom is -0.352 e. The van der Waals surface area contributed by atoms with Crippen molar-refractivity contribution in [3.63, 3.8) is 0 Å². The van der Waals surface area contributed by atoms with Gasteiger partial charge in [0, 0.05) is 25.2 Å². The Kier molecular flexibility index (Phi) is 8.76. The summed E-state index contributed by atoms with van der Waals surface area (Å²) in [7, 11) is 1.77. The van der Waals surface area contributed by atoms with Crippen molar-refractivity contribution in [2.24, 2.45) is 10.9 Å². The van der Waals surface area contributed by atoms with Crippen molar-refractivity contribution >= 4 is 41.5 Å². The highest BCUT2D eigenvalue weighted by Gasteiger charge is 2.25. The van der Waals surface area contributed by atoms with Crippen LogP contribution in [0.4, 0.5) is 5.69 Å². The Morgan fingerprint density at radius 3 is 2.54 bits per heavy atom. The minimum atomic E-state index is 0. The summed E-state index contributed by atoms with van der Waals surface area (Å²) in [4.78, 5) is 16.4. The zero-order valence-electron chi connectivity index (χ0n) is 16.4. The fraction of sp³-hybridized carbons (Fsp3) is 0.364. The summed E-state index contributed by atoms with van der Waals surface area (Å²) >= 11 is 0. The zero-order chi connectivity index (χ0) is 19.1. The van der Waals surface area contributed by atoms with Crippen molar-refractivity contribution in [2.45, 2.75) is 38.8 Å². The predicted molar refractivity (Wildman–Crippen MR) is 126 cm³/mol. The highest BCUT2D eigenvalue weighted by molar-refractivity contribution is 14.0. The summed E-state index contributed by atoms with van der Waals surface area (Å²) in [6.45, 7) is 2.74. The Balaban J connectivity index is 0.00000280. The van der Waals surface area contributed by atoms with Crippen LogP contribution in [0.2, 0.25) is 0 Å². The highest BCUT2D eigenvalue weighted by Crippen LogP contribution is 2.27. The van der Waals surface area contributed by atoms with Gasteiger partial charge in [0.05, 0.1) is 6.04 Å². The Bertz CT molecular complexity index is 790. The summed E-state index contributed by atoms with van der Waals surface area (Å²) < 4.78 is 0. The van der Waals surface area contributed by atoms with E-state index >= 15 is 0 Å². The van der Waals surface area contributed by atoms with Crippen LogP contribution in [0.25, 0.3) is 0 Å². The fourth-order valence-corrected chi connectivity index (χ4v) is 3.08. The number of aliphatic imine (C=N–C) groups is 1. The molecule has 28 heavy (non-hydrogen) atoms. The molecule has 0 radical (unpaired) electrons. The van der Waals surface area contributed by atoms with Crippen LogP contribution in [0.15, 0.2) is 59.6 Å². The Hall–Kier alpha value is -2.09. The van der Waals surface area contributed by atoms with Crippen molar-refractivity contribution in [3.8, 4) is 0 Å². The van der Waals surface area contributed by atoms with Crippen LogP contribution in [-0.4, -0.2) is 18.9 Å². The van der Waals surface area contributed by atoms with E-state index in [1.807, 2.05) is 42.5 Å². The molecule has 1 fully saturated rings. The first-order valence-electron chi connectivity index (χ1n) is 9.57. The molecule has 3 rings (SSSR count). The van der Waals surface area contributed by atoms with Crippen LogP contribution in [0.5, 0.6) is 0 Å². The first-order chi connectivity index (χ1) is 13.2. The van der Waals surface area contributed by atoms with E-state index in [0.29, 0.717) is 6.54 Å². The molecule has 0 aliphatic heterocycles. The van der Waals surface area contributed by atoms with Gasteiger partial charge < -0.3 is 16.0 Å². The molecule has 0 saturated heterocycles. The molecule has 1 aliphatic rings. The number of hydrogen-bond acceptors (Lipinski definition) is 2. The molecule has 1 atom stereocenters. The first-order valence-corrected chi connectivity index (χ1v) is 9.57. The number of guanidine groups is 1. The van der Waals surface area contributed by atoms with E-state index in [1.54, 1.807) is 7.05 Å². The maximum atomic E-state index is 12.1. The number of amides is 1. The monoisotopic (exact) mass is 492 g/mol. The van der Waals surface area contributed by atoms with Gasteiger partial charge in [-0.3, -0.25) is 9.79 Å². The topological polar surface area (TPSA) is 65.5 Å². The molecule has 6 heteroatoms. The van der Waals surface area contributed by atoms with E-state index in [-0.39, 0.29) is 41.8 Å². The van der Waals surface area contributed by atoms with Gasteiger partial charge in [-0.15, -0.1) is 24.0 Å². The number of halogens is 1. The Labute approximate surface area is 184 Å². The van der Waals surface area contributed by atoms with Crippen molar-refractivity contribution in [1.29, 1.82) is 0 Å². The van der Waals surface area contributed by atoms with E-state index < -0.39 is 0 Å². The molecule has 0 heterocycles. The third-order valence-electron chi connectivity index (χ3n) is 5.01. The smallest absolute Gasteiger partial charge is 0.227 e. The van der Waals surface area contributed by atoms with Gasteiger partial charge in [-0.1, -0.05) is 48.9 Å². The fourth-order valence-electron chi connectivity index (χ4n) is 3.08. The summed E-state index contributed by atoms with van der Waals surface area (Å²) in [5, 5.41) is 9.76. The number of carbonyl (C=O) groups is 1. The predicted octanol–water partition coefficient (Wildman–Crippen LogP) is 4.47. The van der Waals surface area contributed by atoms with Crippen molar-refractivity contribution in [3.05, 3.63) is 65.7 Å². The maximum Gasteiger partial charge on any atom is 0.227 e. The standard InChI is InChI=1S/C22H28N4O.HI/c1-16(18-9-4-3-5-10-18)25-22(23-2)24-15-17-8-6-13-20(14-17)26-21(27)19-11-7-12-19;/h3-6,8-10,13-14,16,19H,7,11-12,15H2,1-2H3,(H,26,27)(H2,23,24,25);1H. The second kappa shape index (κ2) is 11.0. The lowest BCUT2D eigenvalue weighted by molar-refractivity contribution is -0.122. The van der Waals surface area contributed by atoms with Crippen LogP contribution in [0, 0.1) is 5.92 Å². The van der Waals surface area contributed by atoms with Gasteiger partial charge in [0.2, 0.25) is 5.91 Å². The second-order valence-electron chi connectivity index (χ2n) is 7.02. The van der Waals surface area contributed by atoms with Gasteiger partial charge in [0.15, 0.2) is 5.96 Å². The van der Waals surface area contributed by atoms with E-state index in [0.717, 1.165) is 36.5 Å². The van der Waals surface area contributed by atoms with Crippen molar-refractivity contribution < 1.29 is 4.79 Å². The Morgan fingerprint density at radius 2 is 1.89 bits per heavy atom. The number of carbonyl (C=O) groups excluding carboxylic acids is 1. The molecule has 0 spiro atoms. The van der Waals surface area contributed by atoms with Gasteiger partial charge in [-0.2, -0.15) is 0 Å². The molecule has 1 aliphatic carbocycles. The molecular formula is C22H29IN4O. The third kappa shape index (κ3) is 6.22. The summed E-state index contributed by atoms with van der Waals surface area (Å²) in [6, 6.07) is 18.4. The van der Waals surface area contributed by atoms with Gasteiger partial charge in [-0.05, 0) is 43.0 Å². The summed E-state index contributed by atoms with van der Waals surface area (Å²) in [5.74, 6) is 1.07. The lowest BCUT2D eigenvalue weighted by Gasteiger charge is -2.24. The SMILES string of the molecule is CN=C(NCc1cccc(NC(=O)C2CCC2)c1)NC(C)c1ccccc1.I. The number of hydrogen-bond donors (Lipinski definition) is 3. The highest BCUT2D eigenvalue weighted by atomic mass is 127. The largest absolute Gasteiger partial charge is 0.352 e. The number of anilines is 1. The van der Waals surface area contributed by atoms with Crippen LogP contribution in [0.1, 0.15) is 43.4 Å². The lowest BCUT2D eigenvalue weighted by Crippen LogP contribution is -2.38. The number of benzene rings is 2. The normalized spacial score (nSPS) is 15.0. The molecule has 3 N–H and O–H groups in total. The van der Waals surface area contributed by atoms with Crippen LogP contribution in [0.3, 0.4) is 0 Å². The van der Waals surface area contributed by atoms with Gasteiger partial charge in [0.25, 0.3) is 0 Å². The van der Waals surface area contributed by atoms with Crippen LogP contribution < -0.4 is 16.0 Å². The van der Waals surface area contributed by atoms with Crippen LogP contribution >= 0.6 is 24.0 Å². The minimum absolute atomic E-state index is 0. The van der Waals surface area contributed by atoms with Gasteiger partial charge >= 0.3 is 0 Å². The number of nitrogens with one attached hydrogen (secondary N) is 3. The number of nitrogens with zero attached hydrogens (tertiary/aromatic N) is 1. The van der Waals surface area contributed by atoms with Gasteiger partial charge in [0.1, 0.15) is 0 Å². The zero-order valence-corrected chi connectivity index (χ0v) is 18.8. The summed E-state index contributed by atoms with van der Waals surface area (Å²) in [6.07, 6.45) is 3.18. The van der Waals surface area contributed by atoms with Crippen LogP contribution in [-0.2, 0) is 11.3 Å². The molecule has 1 unspecified atom stereocenters. The molecule has 0 aromatic heterocycles. The van der Waals surface area contributed by atoms with E-state index in [2.05, 4.69) is 40.0 Å². The molecule has 150 valence electrons. The molecule has 2 aromatic carbocycles. The third-order valence-corrected chi connectivity index (χ3v) is 5.01. The lowest BCUT2D eigenvalue weighted by atomic mass is 9.85. The average molecular weight is 492 g/mol. The van der Waals surface area contributed by atoms with Crippen molar-refractivity contribution in [2.75, 3.05) is 12.4 Å². The number of rotatable bonds is 6. The van der Waals surface area contributed by atoms with Crippen molar-refractivity contribution in [1.82, 2.24) is 10.6 Å². The maximum absolute atomic E-state index is 12.1. The van der Waals surface area contributed by atoms with Gasteiger partial charge in [-0.25, -0.2) is 0 Å². The average Bonchev–Trinajstić information content (AvgIpc) is 2.64. The molecule has 1 amide bonds. The first kappa shape index (κ1) is 22.2. The second-order valence-corrected chi connectivity index (χ2v) is 7.02. The molecule has 5 nitrogen and oxygen atoms in total. The molecule has 1 saturated carbocycles. The summed E-state index contributed by atoms with van der Waals surface area (Å²) in [5.41, 5.74) is 3.16. The van der Waals surface area contributed by atoms with E-state index in [1.165, 1.54) is 5.56 Å². The Morgan fingerprint density at radius 1 is 1.14 bits per heavy atom. The molecule has 2 aromatic rings. The van der Waals surface area contributed by atoms with E-state index in [4.69, 9.17) is 0 Å². The van der Waals surface area contributed by atoms with E-state index in [9.17, 15) is 4.79 Å².